The van der Waals surface area contributed by atoms with Crippen molar-refractivity contribution in [2.75, 3.05) is 0 Å². The molecule has 17 heavy (non-hydrogen) atoms. The molecule has 1 amide bonds. The van der Waals surface area contributed by atoms with Gasteiger partial charge in [0.05, 0.1) is 2.74 Å². The third-order valence-electron chi connectivity index (χ3n) is 1.75. The third kappa shape index (κ3) is 3.35. The summed E-state index contributed by atoms with van der Waals surface area (Å²) in [5.41, 5.74) is -1.53. The summed E-state index contributed by atoms with van der Waals surface area (Å²) >= 11 is 0. The Morgan fingerprint density at radius 3 is 2.12 bits per heavy atom. The summed E-state index contributed by atoms with van der Waals surface area (Å²) in [6.07, 6.45) is -2.07. The summed E-state index contributed by atoms with van der Waals surface area (Å²) in [6.45, 7) is -12.1. The molecular formula is C13H26N2O2. The molecule has 0 aromatic carbocycles. The van der Waals surface area contributed by atoms with Crippen molar-refractivity contribution in [3.8, 4) is 0 Å². The Hall–Kier alpha value is -0.770. The average Bonchev–Trinajstić information content (AvgIpc) is 2.46. The van der Waals surface area contributed by atoms with Crippen molar-refractivity contribution < 1.29 is 31.5 Å². The number of nitrogens with one attached hydrogen (secondary N) is 1. The molecular weight excluding hydrogens is 216 g/mol. The first kappa shape index (κ1) is 3.62. The van der Waals surface area contributed by atoms with E-state index in [4.69, 9.17) is 26.7 Å². The van der Waals surface area contributed by atoms with Gasteiger partial charge in [0.1, 0.15) is 5.60 Å². The molecule has 0 spiro atoms. The van der Waals surface area contributed by atoms with Crippen molar-refractivity contribution in [2.45, 2.75) is 77.9 Å². The smallest absolute Gasteiger partial charge is 0.410 e. The molecule has 0 aliphatic carbocycles. The van der Waals surface area contributed by atoms with E-state index < -0.39 is 68.1 Å². The Balaban J connectivity index is 4.40. The molecule has 0 saturated carbocycles. The van der Waals surface area contributed by atoms with Gasteiger partial charge in [-0.25, -0.2) is 4.79 Å². The summed E-state index contributed by atoms with van der Waals surface area (Å²) in [7, 11) is 0. The van der Waals surface area contributed by atoms with E-state index in [2.05, 4.69) is 0 Å². The molecule has 1 heterocycles. The molecule has 100 valence electrons. The first-order valence-corrected chi connectivity index (χ1v) is 4.78. The van der Waals surface area contributed by atoms with E-state index in [0.29, 0.717) is 0 Å². The van der Waals surface area contributed by atoms with Crippen molar-refractivity contribution in [1.82, 2.24) is 10.2 Å². The highest BCUT2D eigenvalue weighted by Crippen LogP contribution is 2.21. The molecule has 0 aromatic rings. The number of rotatable bonds is 0. The van der Waals surface area contributed by atoms with Gasteiger partial charge in [0.2, 0.25) is 0 Å². The Morgan fingerprint density at radius 1 is 1.24 bits per heavy atom. The number of hydrogen-bond donors (Lipinski definition) is 1. The zero-order valence-corrected chi connectivity index (χ0v) is 9.76. The van der Waals surface area contributed by atoms with Gasteiger partial charge in [-0.3, -0.25) is 4.90 Å². The Morgan fingerprint density at radius 2 is 1.76 bits per heavy atom. The van der Waals surface area contributed by atoms with Crippen LogP contribution < -0.4 is 5.32 Å². The lowest BCUT2D eigenvalue weighted by Crippen LogP contribution is -2.65. The number of amides is 1. The fourth-order valence-corrected chi connectivity index (χ4v) is 1.07. The van der Waals surface area contributed by atoms with E-state index in [9.17, 15) is 4.79 Å². The van der Waals surface area contributed by atoms with Crippen LogP contribution in [0.3, 0.4) is 0 Å². The van der Waals surface area contributed by atoms with Crippen LogP contribution in [0.5, 0.6) is 0 Å². The minimum absolute atomic E-state index is 0.708. The molecule has 4 unspecified atom stereocenters. The number of nitrogens with zero attached hydrogens (tertiary/aromatic N) is 1. The normalized spacial score (nSPS) is 68.8. The second kappa shape index (κ2) is 4.84. The number of ether oxygens (including phenoxy) is 1. The Labute approximate surface area is 127 Å². The number of piperazine rings is 1. The van der Waals surface area contributed by atoms with Crippen LogP contribution in [0, 0.1) is 0 Å². The lowest BCUT2D eigenvalue weighted by Gasteiger charge is -2.46. The second-order valence-electron chi connectivity index (χ2n) is 4.39. The van der Waals surface area contributed by atoms with Crippen LogP contribution in [0.15, 0.2) is 0 Å². The summed E-state index contributed by atoms with van der Waals surface area (Å²) in [5, 5.41) is 1.39. The molecule has 1 saturated heterocycles. The number of carbonyl (C=O) groups is 1. The zero-order valence-electron chi connectivity index (χ0n) is 25.8. The summed E-state index contributed by atoms with van der Waals surface area (Å²) in [5.74, 6) is 0. The fraction of sp³-hybridized carbons (Fsp3) is 0.923. The van der Waals surface area contributed by atoms with E-state index in [-0.39, 0.29) is 0 Å². The van der Waals surface area contributed by atoms with E-state index in [0.717, 1.165) is 0 Å². The van der Waals surface area contributed by atoms with Crippen molar-refractivity contribution >= 4 is 6.09 Å². The van der Waals surface area contributed by atoms with Crippen molar-refractivity contribution in [3.63, 3.8) is 0 Å². The van der Waals surface area contributed by atoms with Gasteiger partial charge in [0.25, 0.3) is 0 Å². The highest BCUT2D eigenvalue weighted by Gasteiger charge is 2.38. The minimum atomic E-state index is -4.14. The molecule has 1 rings (SSSR count). The Bertz CT molecular complexity index is 732. The molecule has 1 aliphatic heterocycles. The van der Waals surface area contributed by atoms with Gasteiger partial charge in [-0.05, 0) is 48.2 Å². The van der Waals surface area contributed by atoms with Crippen LogP contribution in [-0.4, -0.2) is 40.7 Å². The summed E-state index contributed by atoms with van der Waals surface area (Å²) < 4.78 is 132. The zero-order chi connectivity index (χ0) is 27.1. The van der Waals surface area contributed by atoms with Crippen molar-refractivity contribution in [3.05, 3.63) is 0 Å². The minimum Gasteiger partial charge on any atom is -0.444 e. The van der Waals surface area contributed by atoms with Crippen LogP contribution in [0.4, 0.5) is 4.79 Å². The number of hydrogen-bond acceptors (Lipinski definition) is 3. The standard InChI is InChI=1S/C13H26N2O2/c1-8-10(3)15(11(4)9(2)14-8)12(16)17-13(5,6)7/h8-11,14H,1-7H3/i1D3,2D3,3D3,4D3,8D,9D,10D,11D. The number of carbonyl (C=O) groups excluding carboxylic acids is 1. The maximum Gasteiger partial charge on any atom is 0.410 e. The van der Waals surface area contributed by atoms with Gasteiger partial charge in [-0.1, -0.05) is 0 Å². The maximum atomic E-state index is 13.2. The first-order chi connectivity index (χ1) is 14.0. The molecule has 4 heteroatoms. The average molecular weight is 258 g/mol. The molecule has 0 bridgehead atoms. The Kier molecular flexibility index (Phi) is 1.03. The van der Waals surface area contributed by atoms with Crippen LogP contribution in [0.1, 0.15) is 70.1 Å². The molecule has 0 radical (unpaired) electrons. The largest absolute Gasteiger partial charge is 0.444 e. The molecule has 4 atom stereocenters. The molecule has 1 fully saturated rings. The second-order valence-corrected chi connectivity index (χ2v) is 4.39. The summed E-state index contributed by atoms with van der Waals surface area (Å²) in [4.78, 5) is 12.5. The van der Waals surface area contributed by atoms with E-state index in [1.807, 2.05) is 0 Å². The lowest BCUT2D eigenvalue weighted by molar-refractivity contribution is -0.0110. The predicted octanol–water partition coefficient (Wildman–Crippen LogP) is 2.38. The maximum absolute atomic E-state index is 13.2. The predicted molar refractivity (Wildman–Crippen MR) is 69.1 cm³/mol. The van der Waals surface area contributed by atoms with Gasteiger partial charge in [-0.2, -0.15) is 0 Å². The molecule has 0 aromatic heterocycles. The van der Waals surface area contributed by atoms with E-state index in [1.165, 1.54) is 26.1 Å². The van der Waals surface area contributed by atoms with E-state index >= 15 is 0 Å². The van der Waals surface area contributed by atoms with Crippen molar-refractivity contribution in [2.24, 2.45) is 0 Å². The SMILES string of the molecule is [2H]C([2H])([2H])C1([2H])NC([2H])(C([2H])([2H])[2H])C([2H])(C([2H])([2H])[2H])N(C(=O)OC(C)(C)C)C1([2H])C([2H])([2H])[2H]. The van der Waals surface area contributed by atoms with Gasteiger partial charge in [0.15, 0.2) is 0 Å². The topological polar surface area (TPSA) is 41.6 Å². The van der Waals surface area contributed by atoms with Crippen LogP contribution >= 0.6 is 0 Å². The molecule has 1 N–H and O–H groups in total. The van der Waals surface area contributed by atoms with Crippen molar-refractivity contribution in [1.29, 1.82) is 0 Å². The summed E-state index contributed by atoms with van der Waals surface area (Å²) in [6, 6.07) is -16.3. The first-order valence-electron chi connectivity index (χ1n) is 12.8. The van der Waals surface area contributed by atoms with Crippen LogP contribution in [0.2, 0.25) is 0 Å². The highest BCUT2D eigenvalue weighted by molar-refractivity contribution is 5.69. The van der Waals surface area contributed by atoms with Gasteiger partial charge in [-0.15, -0.1) is 0 Å². The monoisotopic (exact) mass is 258 g/mol. The fourth-order valence-electron chi connectivity index (χ4n) is 1.07. The quantitative estimate of drug-likeness (QED) is 0.725. The van der Waals surface area contributed by atoms with Gasteiger partial charge >= 0.3 is 6.09 Å². The van der Waals surface area contributed by atoms with Gasteiger partial charge in [0, 0.05) is 43.3 Å². The lowest BCUT2D eigenvalue weighted by atomic mass is 9.98. The van der Waals surface area contributed by atoms with Crippen LogP contribution in [-0.2, 0) is 4.74 Å². The van der Waals surface area contributed by atoms with Crippen LogP contribution in [0.25, 0.3) is 0 Å². The third-order valence-corrected chi connectivity index (χ3v) is 1.75. The van der Waals surface area contributed by atoms with Gasteiger partial charge < -0.3 is 10.1 Å². The highest BCUT2D eigenvalue weighted by atomic mass is 16.6. The molecule has 4 nitrogen and oxygen atoms in total. The van der Waals surface area contributed by atoms with E-state index in [1.54, 1.807) is 0 Å². The molecule has 1 aliphatic rings.